The molecule has 0 unspecified atom stereocenters. The topological polar surface area (TPSA) is 79.8 Å². The molecule has 0 spiro atoms. The monoisotopic (exact) mass is 421 g/mol. The first-order chi connectivity index (χ1) is 14.5. The lowest BCUT2D eigenvalue weighted by Gasteiger charge is -2.09. The molecule has 152 valence electrons. The number of halogens is 1. The number of hydrogen-bond donors (Lipinski definition) is 2. The summed E-state index contributed by atoms with van der Waals surface area (Å²) >= 11 is 5.96. The lowest BCUT2D eigenvalue weighted by atomic mass is 10.1. The lowest BCUT2D eigenvalue weighted by molar-refractivity contribution is -0.136. The van der Waals surface area contributed by atoms with Crippen molar-refractivity contribution in [1.29, 1.82) is 0 Å². The molecule has 0 bridgehead atoms. The highest BCUT2D eigenvalue weighted by Gasteiger charge is 2.14. The van der Waals surface area contributed by atoms with Crippen LogP contribution in [-0.2, 0) is 16.2 Å². The van der Waals surface area contributed by atoms with Crippen LogP contribution in [0, 0.1) is 6.92 Å². The Morgan fingerprint density at radius 3 is 2.57 bits per heavy atom. The number of benzene rings is 3. The number of carbonyl (C=O) groups excluding carboxylic acids is 2. The summed E-state index contributed by atoms with van der Waals surface area (Å²) in [5.41, 5.74) is 5.52. The highest BCUT2D eigenvalue weighted by molar-refractivity contribution is 6.41. The average Bonchev–Trinajstić information content (AvgIpc) is 2.75. The van der Waals surface area contributed by atoms with Crippen LogP contribution in [0.4, 0.5) is 5.69 Å². The molecule has 0 atom stereocenters. The zero-order valence-corrected chi connectivity index (χ0v) is 17.0. The summed E-state index contributed by atoms with van der Waals surface area (Å²) in [6.07, 6.45) is 1.43. The molecule has 0 saturated heterocycles. The summed E-state index contributed by atoms with van der Waals surface area (Å²) in [5.74, 6) is -1.10. The molecule has 6 nitrogen and oxygen atoms in total. The van der Waals surface area contributed by atoms with Gasteiger partial charge in [-0.1, -0.05) is 60.1 Å². The minimum atomic E-state index is -0.905. The van der Waals surface area contributed by atoms with Crippen LogP contribution in [0.2, 0.25) is 5.02 Å². The Balaban J connectivity index is 1.54. The maximum Gasteiger partial charge on any atom is 0.329 e. The number of ether oxygens (including phenoxy) is 1. The third-order valence-electron chi connectivity index (χ3n) is 4.22. The zero-order valence-electron chi connectivity index (χ0n) is 16.3. The van der Waals surface area contributed by atoms with Crippen molar-refractivity contribution in [1.82, 2.24) is 5.43 Å². The molecule has 30 heavy (non-hydrogen) atoms. The van der Waals surface area contributed by atoms with E-state index in [4.69, 9.17) is 16.3 Å². The van der Waals surface area contributed by atoms with E-state index >= 15 is 0 Å². The first-order valence-electron chi connectivity index (χ1n) is 9.19. The van der Waals surface area contributed by atoms with Crippen molar-refractivity contribution in [2.24, 2.45) is 5.10 Å². The largest absolute Gasteiger partial charge is 0.489 e. The molecular formula is C23H20ClN3O3. The second-order valence-electron chi connectivity index (χ2n) is 6.42. The number of nitrogens with one attached hydrogen (secondary N) is 2. The fraction of sp³-hybridized carbons (Fsp3) is 0.0870. The molecule has 0 aromatic heterocycles. The molecule has 7 heteroatoms. The fourth-order valence-electron chi connectivity index (χ4n) is 2.58. The van der Waals surface area contributed by atoms with Crippen LogP contribution >= 0.6 is 11.6 Å². The Hall–Kier alpha value is -3.64. The predicted molar refractivity (Wildman–Crippen MR) is 118 cm³/mol. The summed E-state index contributed by atoms with van der Waals surface area (Å²) in [5, 5.41) is 6.59. The van der Waals surface area contributed by atoms with Crippen molar-refractivity contribution in [3.05, 3.63) is 94.5 Å². The number of nitrogens with zero attached hydrogens (tertiary/aromatic N) is 1. The van der Waals surface area contributed by atoms with Crippen LogP contribution in [0.1, 0.15) is 16.7 Å². The van der Waals surface area contributed by atoms with Gasteiger partial charge < -0.3 is 10.1 Å². The molecule has 0 aliphatic heterocycles. The van der Waals surface area contributed by atoms with Gasteiger partial charge in [0.15, 0.2) is 0 Å². The summed E-state index contributed by atoms with van der Waals surface area (Å²) in [6.45, 7) is 2.48. The Bertz CT molecular complexity index is 1080. The van der Waals surface area contributed by atoms with E-state index in [2.05, 4.69) is 15.8 Å². The zero-order chi connectivity index (χ0) is 21.3. The van der Waals surface area contributed by atoms with Crippen molar-refractivity contribution >= 4 is 35.3 Å². The van der Waals surface area contributed by atoms with Crippen LogP contribution in [0.15, 0.2) is 77.9 Å². The first-order valence-corrected chi connectivity index (χ1v) is 9.57. The van der Waals surface area contributed by atoms with Crippen LogP contribution in [0.25, 0.3) is 0 Å². The number of carbonyl (C=O) groups is 2. The van der Waals surface area contributed by atoms with Gasteiger partial charge in [0.1, 0.15) is 12.4 Å². The number of amides is 2. The molecule has 0 fully saturated rings. The second kappa shape index (κ2) is 10.2. The minimum absolute atomic E-state index is 0.338. The van der Waals surface area contributed by atoms with Crippen LogP contribution < -0.4 is 15.5 Å². The molecule has 0 aliphatic carbocycles. The van der Waals surface area contributed by atoms with Gasteiger partial charge in [-0.15, -0.1) is 0 Å². The van der Waals surface area contributed by atoms with Gasteiger partial charge in [0.05, 0.1) is 16.9 Å². The van der Waals surface area contributed by atoms with Crippen LogP contribution in [-0.4, -0.2) is 18.0 Å². The second-order valence-corrected chi connectivity index (χ2v) is 6.83. The Morgan fingerprint density at radius 1 is 1.00 bits per heavy atom. The summed E-state index contributed by atoms with van der Waals surface area (Å²) in [7, 11) is 0. The molecular weight excluding hydrogens is 402 g/mol. The Morgan fingerprint density at radius 2 is 1.77 bits per heavy atom. The van der Waals surface area contributed by atoms with Crippen molar-refractivity contribution < 1.29 is 14.3 Å². The number of hydrogen-bond acceptors (Lipinski definition) is 4. The van der Waals surface area contributed by atoms with Crippen molar-refractivity contribution in [3.63, 3.8) is 0 Å². The van der Waals surface area contributed by atoms with E-state index in [9.17, 15) is 9.59 Å². The Labute approximate surface area is 179 Å². The molecule has 0 aliphatic rings. The van der Waals surface area contributed by atoms with Gasteiger partial charge in [-0.05, 0) is 47.9 Å². The van der Waals surface area contributed by atoms with Crippen LogP contribution in [0.5, 0.6) is 5.75 Å². The van der Waals surface area contributed by atoms with Gasteiger partial charge in [-0.3, -0.25) is 9.59 Å². The SMILES string of the molecule is Cc1ccccc1COc1cccc(C=NNC(=O)C(=O)Nc2ccccc2Cl)c1. The highest BCUT2D eigenvalue weighted by Crippen LogP contribution is 2.20. The quantitative estimate of drug-likeness (QED) is 0.353. The molecule has 0 saturated carbocycles. The summed E-state index contributed by atoms with van der Waals surface area (Å²) in [6, 6.07) is 21.9. The maximum atomic E-state index is 11.9. The summed E-state index contributed by atoms with van der Waals surface area (Å²) < 4.78 is 5.83. The standard InChI is InChI=1S/C23H20ClN3O3/c1-16-7-2-3-9-18(16)15-30-19-10-6-8-17(13-19)14-25-27-23(29)22(28)26-21-12-5-4-11-20(21)24/h2-14H,15H2,1H3,(H,26,28)(H,27,29). The molecule has 2 amide bonds. The number of anilines is 1. The highest BCUT2D eigenvalue weighted by atomic mass is 35.5. The maximum absolute atomic E-state index is 11.9. The number of aryl methyl sites for hydroxylation is 1. The van der Waals surface area contributed by atoms with Gasteiger partial charge >= 0.3 is 11.8 Å². The minimum Gasteiger partial charge on any atom is -0.489 e. The normalized spacial score (nSPS) is 10.6. The smallest absolute Gasteiger partial charge is 0.329 e. The molecule has 3 aromatic carbocycles. The molecule has 3 aromatic rings. The van der Waals surface area contributed by atoms with Gasteiger partial charge in [0.25, 0.3) is 0 Å². The first kappa shape index (κ1) is 21.1. The summed E-state index contributed by atoms with van der Waals surface area (Å²) in [4.78, 5) is 23.8. The van der Waals surface area contributed by atoms with Crippen molar-refractivity contribution in [2.45, 2.75) is 13.5 Å². The van der Waals surface area contributed by atoms with E-state index in [1.165, 1.54) is 6.21 Å². The number of rotatable bonds is 6. The molecule has 0 radical (unpaired) electrons. The van der Waals surface area contributed by atoms with Gasteiger partial charge in [0.2, 0.25) is 0 Å². The third-order valence-corrected chi connectivity index (χ3v) is 4.55. The average molecular weight is 422 g/mol. The van der Waals surface area contributed by atoms with E-state index in [0.29, 0.717) is 28.6 Å². The third kappa shape index (κ3) is 5.93. The predicted octanol–water partition coefficient (Wildman–Crippen LogP) is 4.32. The number of para-hydroxylation sites is 1. The van der Waals surface area contributed by atoms with Crippen LogP contribution in [0.3, 0.4) is 0 Å². The van der Waals surface area contributed by atoms with E-state index in [-0.39, 0.29) is 0 Å². The molecule has 3 rings (SSSR count). The van der Waals surface area contributed by atoms with E-state index in [0.717, 1.165) is 11.1 Å². The molecule has 0 heterocycles. The van der Waals surface area contributed by atoms with Gasteiger partial charge in [0, 0.05) is 0 Å². The van der Waals surface area contributed by atoms with E-state index in [1.807, 2.05) is 43.3 Å². The Kier molecular flexibility index (Phi) is 7.19. The lowest BCUT2D eigenvalue weighted by Crippen LogP contribution is -2.32. The van der Waals surface area contributed by atoms with Gasteiger partial charge in [-0.2, -0.15) is 5.10 Å². The molecule has 2 N–H and O–H groups in total. The van der Waals surface area contributed by atoms with Gasteiger partial charge in [-0.25, -0.2) is 5.43 Å². The van der Waals surface area contributed by atoms with Crippen molar-refractivity contribution in [3.8, 4) is 5.75 Å². The van der Waals surface area contributed by atoms with E-state index in [1.54, 1.807) is 36.4 Å². The fourth-order valence-corrected chi connectivity index (χ4v) is 2.76. The van der Waals surface area contributed by atoms with Crippen molar-refractivity contribution in [2.75, 3.05) is 5.32 Å². The number of hydrazone groups is 1. The van der Waals surface area contributed by atoms with E-state index < -0.39 is 11.8 Å².